The van der Waals surface area contributed by atoms with E-state index in [0.29, 0.717) is 18.5 Å². The molecule has 1 heterocycles. The highest BCUT2D eigenvalue weighted by Gasteiger charge is 2.33. The zero-order chi connectivity index (χ0) is 18.7. The van der Waals surface area contributed by atoms with Gasteiger partial charge in [-0.15, -0.1) is 0 Å². The fourth-order valence-electron chi connectivity index (χ4n) is 3.51. The molecule has 2 aromatic carbocycles. The van der Waals surface area contributed by atoms with Gasteiger partial charge in [-0.05, 0) is 48.2 Å². The lowest BCUT2D eigenvalue weighted by atomic mass is 9.95. The van der Waals surface area contributed by atoms with Crippen molar-refractivity contribution in [2.24, 2.45) is 5.16 Å². The fraction of sp³-hybridized carbons (Fsp3) is 0.333. The van der Waals surface area contributed by atoms with Gasteiger partial charge in [0.2, 0.25) is 0 Å². The fourth-order valence-corrected chi connectivity index (χ4v) is 3.51. The number of hydrogen-bond acceptors (Lipinski definition) is 4. The monoisotopic (exact) mass is 352 g/mol. The Kier molecular flexibility index (Phi) is 5.38. The summed E-state index contributed by atoms with van der Waals surface area (Å²) in [7, 11) is 1.49. The van der Waals surface area contributed by atoms with Crippen LogP contribution in [-0.4, -0.2) is 47.9 Å². The van der Waals surface area contributed by atoms with E-state index in [1.807, 2.05) is 37.3 Å². The summed E-state index contributed by atoms with van der Waals surface area (Å²) >= 11 is 0. The van der Waals surface area contributed by atoms with E-state index >= 15 is 0 Å². The average Bonchev–Trinajstić information content (AvgIpc) is 3.05. The maximum atomic E-state index is 13.0. The standard InChI is InChI=1S/C21H24N2O3/c1-14-6-4-5-7-19(14)20-9-8-16(10-15(20)2)21(25)23-12-17(22-26-3)11-18(23)13-24/h4-10,18,24H,11-13H2,1-3H3/b22-17-. The zero-order valence-electron chi connectivity index (χ0n) is 15.4. The SMILES string of the molecule is CO/N=C1/CC(CO)N(C(=O)c2ccc(-c3ccccc3C)c(C)c2)C1. The van der Waals surface area contributed by atoms with Crippen LogP contribution < -0.4 is 0 Å². The molecule has 1 amide bonds. The van der Waals surface area contributed by atoms with Gasteiger partial charge in [0, 0.05) is 12.0 Å². The smallest absolute Gasteiger partial charge is 0.254 e. The number of aliphatic hydroxyl groups excluding tert-OH is 1. The highest BCUT2D eigenvalue weighted by atomic mass is 16.6. The van der Waals surface area contributed by atoms with Crippen LogP contribution in [0.3, 0.4) is 0 Å². The molecule has 1 aliphatic heterocycles. The Hall–Kier alpha value is -2.66. The third-order valence-corrected chi connectivity index (χ3v) is 4.87. The molecular weight excluding hydrogens is 328 g/mol. The van der Waals surface area contributed by atoms with Crippen molar-refractivity contribution in [1.82, 2.24) is 4.90 Å². The minimum atomic E-state index is -0.257. The summed E-state index contributed by atoms with van der Waals surface area (Å²) in [4.78, 5) is 19.4. The molecule has 3 rings (SSSR count). The molecule has 1 unspecified atom stereocenters. The maximum Gasteiger partial charge on any atom is 0.254 e. The topological polar surface area (TPSA) is 62.1 Å². The molecule has 0 radical (unpaired) electrons. The number of benzene rings is 2. The summed E-state index contributed by atoms with van der Waals surface area (Å²) in [5.41, 5.74) is 5.95. The van der Waals surface area contributed by atoms with Crippen LogP contribution in [0.2, 0.25) is 0 Å². The number of hydrogen-bond donors (Lipinski definition) is 1. The molecule has 1 fully saturated rings. The molecule has 1 N–H and O–H groups in total. The van der Waals surface area contributed by atoms with Gasteiger partial charge in [-0.1, -0.05) is 35.5 Å². The summed E-state index contributed by atoms with van der Waals surface area (Å²) in [6.07, 6.45) is 0.538. The number of carbonyl (C=O) groups is 1. The van der Waals surface area contributed by atoms with Gasteiger partial charge < -0.3 is 14.8 Å². The van der Waals surface area contributed by atoms with Crippen LogP contribution >= 0.6 is 0 Å². The van der Waals surface area contributed by atoms with Crippen molar-refractivity contribution in [3.8, 4) is 11.1 Å². The van der Waals surface area contributed by atoms with Crippen molar-refractivity contribution in [2.75, 3.05) is 20.3 Å². The molecule has 1 saturated heterocycles. The van der Waals surface area contributed by atoms with Crippen LogP contribution in [0.15, 0.2) is 47.6 Å². The molecule has 1 aliphatic rings. The largest absolute Gasteiger partial charge is 0.399 e. The van der Waals surface area contributed by atoms with Gasteiger partial charge in [0.25, 0.3) is 5.91 Å². The Balaban J connectivity index is 1.88. The Morgan fingerprint density at radius 2 is 1.92 bits per heavy atom. The van der Waals surface area contributed by atoms with Crippen molar-refractivity contribution in [2.45, 2.75) is 26.3 Å². The van der Waals surface area contributed by atoms with Crippen LogP contribution in [0.25, 0.3) is 11.1 Å². The van der Waals surface area contributed by atoms with E-state index in [2.05, 4.69) is 24.2 Å². The Labute approximate surface area is 153 Å². The van der Waals surface area contributed by atoms with Crippen molar-refractivity contribution in [3.63, 3.8) is 0 Å². The van der Waals surface area contributed by atoms with Crippen molar-refractivity contribution >= 4 is 11.6 Å². The lowest BCUT2D eigenvalue weighted by Gasteiger charge is -2.23. The predicted octanol–water partition coefficient (Wildman–Crippen LogP) is 3.18. The lowest BCUT2D eigenvalue weighted by molar-refractivity contribution is 0.0680. The summed E-state index contributed by atoms with van der Waals surface area (Å²) < 4.78 is 0. The average molecular weight is 352 g/mol. The first-order valence-corrected chi connectivity index (χ1v) is 8.72. The lowest BCUT2D eigenvalue weighted by Crippen LogP contribution is -2.37. The van der Waals surface area contributed by atoms with Crippen LogP contribution in [-0.2, 0) is 4.84 Å². The first kappa shape index (κ1) is 18.1. The highest BCUT2D eigenvalue weighted by molar-refractivity contribution is 6.01. The van der Waals surface area contributed by atoms with Gasteiger partial charge in [0.05, 0.1) is 24.9 Å². The number of nitrogens with zero attached hydrogens (tertiary/aromatic N) is 2. The van der Waals surface area contributed by atoms with Gasteiger partial charge >= 0.3 is 0 Å². The highest BCUT2D eigenvalue weighted by Crippen LogP contribution is 2.28. The molecule has 5 nitrogen and oxygen atoms in total. The molecule has 0 bridgehead atoms. The summed E-state index contributed by atoms with van der Waals surface area (Å²) in [5.74, 6) is -0.0928. The van der Waals surface area contributed by atoms with Crippen molar-refractivity contribution in [1.29, 1.82) is 0 Å². The van der Waals surface area contributed by atoms with Crippen LogP contribution in [0.1, 0.15) is 27.9 Å². The number of oxime groups is 1. The minimum absolute atomic E-state index is 0.0885. The second-order valence-corrected chi connectivity index (χ2v) is 6.66. The maximum absolute atomic E-state index is 13.0. The number of aliphatic hydroxyl groups is 1. The van der Waals surface area contributed by atoms with Crippen molar-refractivity contribution < 1.29 is 14.7 Å². The van der Waals surface area contributed by atoms with Crippen molar-refractivity contribution in [3.05, 3.63) is 59.2 Å². The number of rotatable bonds is 4. The van der Waals surface area contributed by atoms with E-state index < -0.39 is 0 Å². The Morgan fingerprint density at radius 1 is 1.19 bits per heavy atom. The zero-order valence-corrected chi connectivity index (χ0v) is 15.4. The summed E-state index contributed by atoms with van der Waals surface area (Å²) in [5, 5.41) is 13.5. The molecule has 0 spiro atoms. The van der Waals surface area contributed by atoms with E-state index in [1.165, 1.54) is 18.2 Å². The molecule has 5 heteroatoms. The Bertz CT molecular complexity index is 845. The molecule has 0 saturated carbocycles. The third kappa shape index (κ3) is 3.48. The van der Waals surface area contributed by atoms with Gasteiger partial charge in [-0.3, -0.25) is 4.79 Å². The number of aryl methyl sites for hydroxylation is 2. The second-order valence-electron chi connectivity index (χ2n) is 6.66. The van der Waals surface area contributed by atoms with Gasteiger partial charge in [0.1, 0.15) is 7.11 Å². The van der Waals surface area contributed by atoms with E-state index in [1.54, 1.807) is 4.90 Å². The minimum Gasteiger partial charge on any atom is -0.399 e. The van der Waals surface area contributed by atoms with E-state index in [9.17, 15) is 9.90 Å². The van der Waals surface area contributed by atoms with E-state index in [0.717, 1.165) is 16.8 Å². The molecule has 26 heavy (non-hydrogen) atoms. The second kappa shape index (κ2) is 7.70. The number of amides is 1. The summed E-state index contributed by atoms with van der Waals surface area (Å²) in [6, 6.07) is 13.7. The quantitative estimate of drug-likeness (QED) is 0.860. The molecular formula is C21H24N2O3. The first-order valence-electron chi connectivity index (χ1n) is 8.72. The number of carbonyl (C=O) groups excluding carboxylic acids is 1. The number of likely N-dealkylation sites (tertiary alicyclic amines) is 1. The van der Waals surface area contributed by atoms with Gasteiger partial charge in [0.15, 0.2) is 0 Å². The Morgan fingerprint density at radius 3 is 2.58 bits per heavy atom. The summed E-state index contributed by atoms with van der Waals surface area (Å²) in [6.45, 7) is 4.40. The third-order valence-electron chi connectivity index (χ3n) is 4.87. The van der Waals surface area contributed by atoms with Gasteiger partial charge in [-0.2, -0.15) is 0 Å². The molecule has 2 aromatic rings. The van der Waals surface area contributed by atoms with E-state index in [-0.39, 0.29) is 18.6 Å². The first-order chi connectivity index (χ1) is 12.5. The molecule has 0 aliphatic carbocycles. The van der Waals surface area contributed by atoms with Crippen LogP contribution in [0, 0.1) is 13.8 Å². The molecule has 0 aromatic heterocycles. The molecule has 1 atom stereocenters. The van der Waals surface area contributed by atoms with Crippen LogP contribution in [0.5, 0.6) is 0 Å². The van der Waals surface area contributed by atoms with Gasteiger partial charge in [-0.25, -0.2) is 0 Å². The molecule has 136 valence electrons. The normalized spacial score (nSPS) is 18.4. The van der Waals surface area contributed by atoms with Crippen LogP contribution in [0.4, 0.5) is 0 Å². The van der Waals surface area contributed by atoms with E-state index in [4.69, 9.17) is 4.84 Å². The predicted molar refractivity (Wildman–Crippen MR) is 102 cm³/mol.